The molecule has 3 nitrogen and oxygen atoms in total. The maximum absolute atomic E-state index is 2.68. The van der Waals surface area contributed by atoms with Crippen molar-refractivity contribution in [1.29, 1.82) is 0 Å². The lowest BCUT2D eigenvalue weighted by Gasteiger charge is -2.46. The third-order valence-electron chi connectivity index (χ3n) is 17.1. The fourth-order valence-corrected chi connectivity index (χ4v) is 12.6. The molecule has 12 rings (SSSR count). The summed E-state index contributed by atoms with van der Waals surface area (Å²) in [6, 6.07) is 74.8. The monoisotopic (exact) mass is 1000 g/mol. The van der Waals surface area contributed by atoms with Crippen molar-refractivity contribution < 1.29 is 0 Å². The first-order chi connectivity index (χ1) is 36.5. The summed E-state index contributed by atoms with van der Waals surface area (Å²) >= 11 is 0. The van der Waals surface area contributed by atoms with Crippen LogP contribution in [-0.2, 0) is 27.1 Å². The van der Waals surface area contributed by atoms with E-state index >= 15 is 0 Å². The van der Waals surface area contributed by atoms with Crippen LogP contribution in [0.3, 0.4) is 0 Å². The molecule has 77 heavy (non-hydrogen) atoms. The predicted molar refractivity (Wildman–Crippen MR) is 333 cm³/mol. The topological polar surface area (TPSA) is 9.72 Å². The van der Waals surface area contributed by atoms with E-state index < -0.39 is 0 Å². The molecule has 2 aliphatic heterocycles. The van der Waals surface area contributed by atoms with Gasteiger partial charge in [-0.1, -0.05) is 212 Å². The van der Waals surface area contributed by atoms with Gasteiger partial charge in [0, 0.05) is 56.4 Å². The van der Waals surface area contributed by atoms with Crippen molar-refractivity contribution in [2.45, 2.75) is 124 Å². The molecule has 0 fully saturated rings. The number of fused-ring (bicyclic) bond motifs is 7. The highest BCUT2D eigenvalue weighted by Gasteiger charge is 2.48. The van der Waals surface area contributed by atoms with Crippen LogP contribution in [0.5, 0.6) is 0 Å². The average molecular weight is 1000 g/mol. The maximum Gasteiger partial charge on any atom is 0.333 e. The van der Waals surface area contributed by atoms with Crippen LogP contribution < -0.4 is 25.5 Å². The molecule has 3 aliphatic rings. The van der Waals surface area contributed by atoms with E-state index in [2.05, 4.69) is 306 Å². The van der Waals surface area contributed by atoms with Crippen LogP contribution in [0.2, 0.25) is 0 Å². The molecule has 0 saturated heterocycles. The minimum atomic E-state index is -0.199. The van der Waals surface area contributed by atoms with Crippen molar-refractivity contribution in [3.8, 4) is 33.4 Å². The molecule has 0 atom stereocenters. The van der Waals surface area contributed by atoms with E-state index in [0.29, 0.717) is 0 Å². The lowest BCUT2D eigenvalue weighted by atomic mass is 9.43. The summed E-state index contributed by atoms with van der Waals surface area (Å²) < 4.78 is 0. The van der Waals surface area contributed by atoms with Gasteiger partial charge in [-0.15, -0.1) is 0 Å². The Hall–Kier alpha value is -7.56. The Morgan fingerprint density at radius 3 is 1.48 bits per heavy atom. The first-order valence-electron chi connectivity index (χ1n) is 28.0. The second kappa shape index (κ2) is 17.7. The van der Waals surface area contributed by atoms with Gasteiger partial charge in [-0.25, -0.2) is 0 Å². The molecule has 0 unspecified atom stereocenters. The molecule has 0 saturated carbocycles. The van der Waals surface area contributed by atoms with E-state index in [4.69, 9.17) is 0 Å². The van der Waals surface area contributed by atoms with Crippen molar-refractivity contribution in [2.75, 3.05) is 14.6 Å². The van der Waals surface area contributed by atoms with Crippen LogP contribution >= 0.6 is 0 Å². The number of rotatable bonds is 6. The smallest absolute Gasteiger partial charge is 0.333 e. The SMILES string of the molecule is CC(C)(C)c1ccc(N2B3c4cc5c(cc4N(c4ccc(C(C)(C)C)cc4-c4ccccc4)c4cccc(c43)-c3cc(N(c4ccc(C(C)(C)C)cc4)c4ccc(C(C)(C)C)cc4)ccc32)-c2ccccc2C5(C)C)cc1. The number of nitrogens with zero attached hydrogens (tertiary/aromatic N) is 3. The molecule has 9 aromatic rings. The summed E-state index contributed by atoms with van der Waals surface area (Å²) in [4.78, 5) is 7.76. The fourth-order valence-electron chi connectivity index (χ4n) is 12.6. The Morgan fingerprint density at radius 1 is 0.364 bits per heavy atom. The number of hydrogen-bond acceptors (Lipinski definition) is 3. The predicted octanol–water partition coefficient (Wildman–Crippen LogP) is 19.0. The van der Waals surface area contributed by atoms with Crippen molar-refractivity contribution in [3.05, 3.63) is 228 Å². The maximum atomic E-state index is 2.68. The van der Waals surface area contributed by atoms with Crippen LogP contribution in [-0.4, -0.2) is 6.85 Å². The van der Waals surface area contributed by atoms with Crippen LogP contribution in [0.4, 0.5) is 45.5 Å². The van der Waals surface area contributed by atoms with Gasteiger partial charge in [0.25, 0.3) is 0 Å². The molecule has 0 bridgehead atoms. The Kier molecular flexibility index (Phi) is 11.6. The van der Waals surface area contributed by atoms with E-state index in [0.717, 1.165) is 17.1 Å². The standard InChI is InChI=1S/C73H74BN3/c1-69(2,3)48-27-34-52(35-28-48)75(53-36-29-49(30-37-53)70(4,5)6)55-40-42-65-60(44-55)57-24-20-26-66-68(57)74(77(65)54-38-31-50(32-39-54)71(7,8)9)63-46-62-59(56-23-18-19-25-61(56)73(62,13)14)45-67(63)76(66)64-41-33-51(72(10,11)12)43-58(64)47-21-16-15-17-22-47/h15-46H,1-14H3. The summed E-state index contributed by atoms with van der Waals surface area (Å²) in [5.41, 5.74) is 27.3. The van der Waals surface area contributed by atoms with Gasteiger partial charge in [-0.3, -0.25) is 0 Å². The highest BCUT2D eigenvalue weighted by Crippen LogP contribution is 2.54. The van der Waals surface area contributed by atoms with Gasteiger partial charge in [0.1, 0.15) is 0 Å². The third kappa shape index (κ3) is 8.42. The van der Waals surface area contributed by atoms with E-state index in [1.807, 2.05) is 0 Å². The lowest BCUT2D eigenvalue weighted by Crippen LogP contribution is -2.61. The van der Waals surface area contributed by atoms with Crippen LogP contribution in [0.25, 0.3) is 33.4 Å². The van der Waals surface area contributed by atoms with Gasteiger partial charge >= 0.3 is 6.85 Å². The van der Waals surface area contributed by atoms with Gasteiger partial charge in [0.05, 0.1) is 5.69 Å². The van der Waals surface area contributed by atoms with Crippen molar-refractivity contribution in [1.82, 2.24) is 0 Å². The second-order valence-electron chi connectivity index (χ2n) is 26.7. The highest BCUT2D eigenvalue weighted by molar-refractivity contribution is 6.93. The summed E-state index contributed by atoms with van der Waals surface area (Å²) in [6.07, 6.45) is 0. The normalized spacial score (nSPS) is 14.4. The van der Waals surface area contributed by atoms with Crippen LogP contribution in [0.1, 0.15) is 130 Å². The summed E-state index contributed by atoms with van der Waals surface area (Å²) in [5.74, 6) is 0. The van der Waals surface area contributed by atoms with Crippen LogP contribution in [0.15, 0.2) is 194 Å². The Morgan fingerprint density at radius 2 is 0.883 bits per heavy atom. The van der Waals surface area contributed by atoms with E-state index in [9.17, 15) is 0 Å². The van der Waals surface area contributed by atoms with E-state index in [1.54, 1.807) is 0 Å². The van der Waals surface area contributed by atoms with Crippen molar-refractivity contribution >= 4 is 63.3 Å². The van der Waals surface area contributed by atoms with E-state index in [1.165, 1.54) is 106 Å². The average Bonchev–Trinajstić information content (AvgIpc) is 3.92. The summed E-state index contributed by atoms with van der Waals surface area (Å²) in [5, 5.41) is 0. The zero-order valence-corrected chi connectivity index (χ0v) is 47.9. The molecule has 0 aromatic heterocycles. The molecular formula is C73H74BN3. The molecule has 0 radical (unpaired) electrons. The largest absolute Gasteiger partial charge is 0.376 e. The molecule has 0 N–H and O–H groups in total. The van der Waals surface area contributed by atoms with Crippen LogP contribution in [0, 0.1) is 0 Å². The van der Waals surface area contributed by atoms with Gasteiger partial charge in [0.2, 0.25) is 0 Å². The fraction of sp³-hybridized carbons (Fsp3) is 0.260. The van der Waals surface area contributed by atoms with Crippen molar-refractivity contribution in [2.24, 2.45) is 0 Å². The number of hydrogen-bond donors (Lipinski definition) is 0. The quantitative estimate of drug-likeness (QED) is 0.154. The zero-order valence-electron chi connectivity index (χ0n) is 47.9. The Bertz CT molecular complexity index is 3690. The van der Waals surface area contributed by atoms with Gasteiger partial charge in [-0.05, 0) is 167 Å². The molecule has 4 heteroatoms. The Labute approximate surface area is 460 Å². The molecule has 0 spiro atoms. The molecular weight excluding hydrogens is 930 g/mol. The Balaban J connectivity index is 1.16. The van der Waals surface area contributed by atoms with Gasteiger partial charge in [0.15, 0.2) is 0 Å². The summed E-state index contributed by atoms with van der Waals surface area (Å²) in [6.45, 7) is 32.4. The third-order valence-corrected chi connectivity index (χ3v) is 17.1. The van der Waals surface area contributed by atoms with Crippen molar-refractivity contribution in [3.63, 3.8) is 0 Å². The zero-order chi connectivity index (χ0) is 54.1. The molecule has 0 amide bonds. The van der Waals surface area contributed by atoms with Gasteiger partial charge < -0.3 is 14.6 Å². The first kappa shape index (κ1) is 50.3. The second-order valence-corrected chi connectivity index (χ2v) is 26.7. The minimum Gasteiger partial charge on any atom is -0.376 e. The molecule has 384 valence electrons. The minimum absolute atomic E-state index is 0.00468. The number of anilines is 8. The highest BCUT2D eigenvalue weighted by atomic mass is 15.2. The number of benzene rings is 9. The molecule has 2 heterocycles. The summed E-state index contributed by atoms with van der Waals surface area (Å²) in [7, 11) is 0. The van der Waals surface area contributed by atoms with Gasteiger partial charge in [-0.2, -0.15) is 0 Å². The first-order valence-corrected chi connectivity index (χ1v) is 28.0. The van der Waals surface area contributed by atoms with E-state index in [-0.39, 0.29) is 33.9 Å². The lowest BCUT2D eigenvalue weighted by molar-refractivity contribution is 0.590. The molecule has 1 aliphatic carbocycles. The molecule has 9 aromatic carbocycles.